The summed E-state index contributed by atoms with van der Waals surface area (Å²) >= 11 is 4.79. The molecule has 0 aromatic carbocycles. The molecule has 0 aromatic rings. The van der Waals surface area contributed by atoms with Crippen molar-refractivity contribution in [3.63, 3.8) is 0 Å². The molecule has 0 aromatic heterocycles. The van der Waals surface area contributed by atoms with Gasteiger partial charge in [0.2, 0.25) is 0 Å². The number of hydrogen-bond donors (Lipinski definition) is 0. The minimum atomic E-state index is -0.405. The number of hydrogen-bond acceptors (Lipinski definition) is 3. The van der Waals surface area contributed by atoms with Crippen molar-refractivity contribution in [1.82, 2.24) is 0 Å². The van der Waals surface area contributed by atoms with E-state index < -0.39 is 5.97 Å². The van der Waals surface area contributed by atoms with Gasteiger partial charge in [-0.05, 0) is 12.8 Å². The van der Waals surface area contributed by atoms with E-state index in [4.69, 9.17) is 11.9 Å². The average molecular weight is 179 g/mol. The average Bonchev–Trinajstić information content (AvgIpc) is 2.04. The number of aldehydes is 1. The van der Waals surface area contributed by atoms with Crippen LogP contribution in [0.25, 0.3) is 0 Å². The quantitative estimate of drug-likeness (QED) is 0.461. The van der Waals surface area contributed by atoms with Crippen molar-refractivity contribution in [3.8, 4) is 0 Å². The van der Waals surface area contributed by atoms with Crippen LogP contribution < -0.4 is 0 Å². The third kappa shape index (κ3) is 7.33. The summed E-state index contributed by atoms with van der Waals surface area (Å²) in [6.07, 6.45) is 4.21. The second-order valence-corrected chi connectivity index (χ2v) is 2.37. The van der Waals surface area contributed by atoms with E-state index in [1.54, 1.807) is 0 Å². The summed E-state index contributed by atoms with van der Waals surface area (Å²) in [5, 5.41) is 0. The lowest BCUT2D eigenvalue weighted by Gasteiger charge is -1.94. The van der Waals surface area contributed by atoms with Gasteiger partial charge in [0, 0.05) is 12.8 Å². The molecule has 0 radical (unpaired) electrons. The molecule has 64 valence electrons. The Morgan fingerprint density at radius 2 is 2.09 bits per heavy atom. The van der Waals surface area contributed by atoms with Crippen molar-refractivity contribution >= 4 is 24.1 Å². The topological polar surface area (TPSA) is 43.4 Å². The van der Waals surface area contributed by atoms with Crippen molar-refractivity contribution in [2.24, 2.45) is 0 Å². The van der Waals surface area contributed by atoms with Crippen LogP contribution in [0.5, 0.6) is 0 Å². The molecule has 0 spiro atoms. The lowest BCUT2D eigenvalue weighted by atomic mass is 10.1. The molecule has 0 bridgehead atoms. The van der Waals surface area contributed by atoms with Crippen molar-refractivity contribution in [1.29, 1.82) is 0 Å². The highest BCUT2D eigenvalue weighted by Gasteiger charge is 1.99. The highest BCUT2D eigenvalue weighted by Crippen LogP contribution is 2.03. The fourth-order valence-corrected chi connectivity index (χ4v) is 0.790. The molecule has 11 heavy (non-hydrogen) atoms. The summed E-state index contributed by atoms with van der Waals surface area (Å²) < 4.78 is 3.92. The van der Waals surface area contributed by atoms with Gasteiger partial charge in [-0.25, -0.2) is 0 Å². The first kappa shape index (κ1) is 10.4. The molecule has 0 aliphatic heterocycles. The van der Waals surface area contributed by atoms with E-state index in [1.807, 2.05) is 0 Å². The molecule has 0 saturated carbocycles. The first-order valence-electron chi connectivity index (χ1n) is 3.56. The molecule has 0 heterocycles. The third-order valence-corrected chi connectivity index (χ3v) is 1.46. The molecule has 0 amide bonds. The summed E-state index contributed by atoms with van der Waals surface area (Å²) in [7, 11) is 0. The molecule has 0 unspecified atom stereocenters. The molecule has 0 atom stereocenters. The van der Waals surface area contributed by atoms with E-state index in [9.17, 15) is 9.59 Å². The smallest absolute Gasteiger partial charge is 0.324 e. The highest BCUT2D eigenvalue weighted by molar-refractivity contribution is 6.13. The molecular weight excluding hydrogens is 168 g/mol. The molecule has 0 aliphatic rings. The lowest BCUT2D eigenvalue weighted by molar-refractivity contribution is -0.134. The molecule has 0 saturated heterocycles. The van der Waals surface area contributed by atoms with E-state index in [0.29, 0.717) is 12.8 Å². The zero-order chi connectivity index (χ0) is 8.53. The predicted molar refractivity (Wildman–Crippen MR) is 41.1 cm³/mol. The van der Waals surface area contributed by atoms with E-state index in [0.717, 1.165) is 25.5 Å². The van der Waals surface area contributed by atoms with Crippen molar-refractivity contribution in [3.05, 3.63) is 0 Å². The molecular formula is C7H11ClO3. The maximum Gasteiger partial charge on any atom is 0.324 e. The Morgan fingerprint density at radius 1 is 1.36 bits per heavy atom. The number of carbonyl (C=O) groups is 2. The summed E-state index contributed by atoms with van der Waals surface area (Å²) in [5.41, 5.74) is 0. The Morgan fingerprint density at radius 3 is 2.64 bits per heavy atom. The summed E-state index contributed by atoms with van der Waals surface area (Å²) in [5.74, 6) is -0.405. The van der Waals surface area contributed by atoms with Gasteiger partial charge < -0.3 is 9.08 Å². The second kappa shape index (κ2) is 7.54. The Labute approximate surface area is 70.8 Å². The van der Waals surface area contributed by atoms with E-state index in [-0.39, 0.29) is 0 Å². The van der Waals surface area contributed by atoms with Crippen LogP contribution in [0.3, 0.4) is 0 Å². The minimum Gasteiger partial charge on any atom is -0.348 e. The standard InChI is InChI=1S/C7H11ClO3/c8-11-7(10)5-3-1-2-4-6-9/h6H,1-5H2. The van der Waals surface area contributed by atoms with Gasteiger partial charge in [0.1, 0.15) is 18.2 Å². The van der Waals surface area contributed by atoms with Crippen LogP contribution in [-0.4, -0.2) is 12.3 Å². The van der Waals surface area contributed by atoms with E-state index in [2.05, 4.69) is 4.29 Å². The summed E-state index contributed by atoms with van der Waals surface area (Å²) in [4.78, 5) is 20.3. The molecule has 0 fully saturated rings. The van der Waals surface area contributed by atoms with Gasteiger partial charge in [-0.3, -0.25) is 4.79 Å². The van der Waals surface area contributed by atoms with Crippen molar-refractivity contribution in [2.75, 3.05) is 0 Å². The SMILES string of the molecule is O=CCCCCCC(=O)OCl. The molecule has 0 aliphatic carbocycles. The maximum absolute atomic E-state index is 10.4. The van der Waals surface area contributed by atoms with Gasteiger partial charge >= 0.3 is 5.97 Å². The van der Waals surface area contributed by atoms with Gasteiger partial charge in [-0.15, -0.1) is 0 Å². The van der Waals surface area contributed by atoms with Crippen LogP contribution in [-0.2, 0) is 13.9 Å². The van der Waals surface area contributed by atoms with E-state index in [1.165, 1.54) is 0 Å². The van der Waals surface area contributed by atoms with E-state index >= 15 is 0 Å². The first-order valence-corrected chi connectivity index (χ1v) is 3.87. The Bertz CT molecular complexity index is 125. The van der Waals surface area contributed by atoms with Gasteiger partial charge in [0.05, 0.1) is 0 Å². The van der Waals surface area contributed by atoms with Crippen LogP contribution in [0.15, 0.2) is 0 Å². The Hall–Kier alpha value is -0.570. The molecule has 0 N–H and O–H groups in total. The van der Waals surface area contributed by atoms with Crippen molar-refractivity contribution < 1.29 is 13.9 Å². The number of carbonyl (C=O) groups excluding carboxylic acids is 2. The van der Waals surface area contributed by atoms with Crippen LogP contribution in [0, 0.1) is 0 Å². The largest absolute Gasteiger partial charge is 0.348 e. The van der Waals surface area contributed by atoms with Crippen LogP contribution in [0.2, 0.25) is 0 Å². The van der Waals surface area contributed by atoms with Gasteiger partial charge in [-0.1, -0.05) is 6.42 Å². The van der Waals surface area contributed by atoms with Crippen LogP contribution >= 0.6 is 11.9 Å². The van der Waals surface area contributed by atoms with Crippen molar-refractivity contribution in [2.45, 2.75) is 32.1 Å². The summed E-state index contributed by atoms with van der Waals surface area (Å²) in [6.45, 7) is 0. The van der Waals surface area contributed by atoms with Gasteiger partial charge in [0.15, 0.2) is 0 Å². The number of rotatable bonds is 6. The Kier molecular flexibility index (Phi) is 7.15. The normalized spacial score (nSPS) is 9.18. The Balaban J connectivity index is 3.01. The van der Waals surface area contributed by atoms with Crippen LogP contribution in [0.1, 0.15) is 32.1 Å². The van der Waals surface area contributed by atoms with Gasteiger partial charge in [-0.2, -0.15) is 0 Å². The minimum absolute atomic E-state index is 0.336. The van der Waals surface area contributed by atoms with Gasteiger partial charge in [0.25, 0.3) is 0 Å². The summed E-state index contributed by atoms with van der Waals surface area (Å²) in [6, 6.07) is 0. The monoisotopic (exact) mass is 178 g/mol. The molecule has 3 nitrogen and oxygen atoms in total. The fraction of sp³-hybridized carbons (Fsp3) is 0.714. The lowest BCUT2D eigenvalue weighted by Crippen LogP contribution is -1.95. The number of halogens is 1. The third-order valence-electron chi connectivity index (χ3n) is 1.29. The fourth-order valence-electron chi connectivity index (χ4n) is 0.712. The second-order valence-electron chi connectivity index (χ2n) is 2.22. The molecule has 4 heteroatoms. The van der Waals surface area contributed by atoms with Crippen LogP contribution in [0.4, 0.5) is 0 Å². The number of unbranched alkanes of at least 4 members (excludes halogenated alkanes) is 3. The maximum atomic E-state index is 10.4. The zero-order valence-electron chi connectivity index (χ0n) is 6.22. The molecule has 0 rings (SSSR count). The predicted octanol–water partition coefficient (Wildman–Crippen LogP) is 1.83. The zero-order valence-corrected chi connectivity index (χ0v) is 6.97. The highest BCUT2D eigenvalue weighted by atomic mass is 35.5. The first-order chi connectivity index (χ1) is 5.31.